The lowest BCUT2D eigenvalue weighted by atomic mass is 9.87. The molecule has 11 heteroatoms. The molecule has 0 aliphatic heterocycles. The molecule has 2 aromatic carbocycles. The Morgan fingerprint density at radius 2 is 1.51 bits per heavy atom. The summed E-state index contributed by atoms with van der Waals surface area (Å²) in [6.07, 6.45) is 4.41. The van der Waals surface area contributed by atoms with E-state index in [4.69, 9.17) is 9.47 Å². The minimum Gasteiger partial charge on any atom is -0.473 e. The molecule has 192 valence electrons. The van der Waals surface area contributed by atoms with Crippen LogP contribution in [0.5, 0.6) is 11.9 Å². The molecule has 2 heterocycles. The van der Waals surface area contributed by atoms with Gasteiger partial charge in [0.15, 0.2) is 5.82 Å². The maximum Gasteiger partial charge on any atom is 0.316 e. The zero-order valence-electron chi connectivity index (χ0n) is 20.6. The van der Waals surface area contributed by atoms with Gasteiger partial charge in [0.25, 0.3) is 10.0 Å². The van der Waals surface area contributed by atoms with Crippen LogP contribution < -0.4 is 14.2 Å². The summed E-state index contributed by atoms with van der Waals surface area (Å²) in [5, 5.41) is 0. The van der Waals surface area contributed by atoms with Crippen LogP contribution in [0.15, 0.2) is 82.7 Å². The van der Waals surface area contributed by atoms with Crippen LogP contribution in [-0.4, -0.2) is 41.6 Å². The van der Waals surface area contributed by atoms with Crippen LogP contribution in [0.25, 0.3) is 11.1 Å². The van der Waals surface area contributed by atoms with Gasteiger partial charge in [0, 0.05) is 12.4 Å². The van der Waals surface area contributed by atoms with Gasteiger partial charge >= 0.3 is 6.01 Å². The van der Waals surface area contributed by atoms with Gasteiger partial charge in [-0.05, 0) is 44.6 Å². The number of sulfonamides is 1. The maximum absolute atomic E-state index is 13.2. The minimum atomic E-state index is -3.93. The largest absolute Gasteiger partial charge is 0.473 e. The van der Waals surface area contributed by atoms with Crippen LogP contribution in [0, 0.1) is 0 Å². The number of aromatic nitrogens is 4. The van der Waals surface area contributed by atoms with E-state index < -0.39 is 10.0 Å². The van der Waals surface area contributed by atoms with E-state index in [-0.39, 0.29) is 41.2 Å². The Morgan fingerprint density at radius 3 is 2.16 bits per heavy atom. The van der Waals surface area contributed by atoms with Crippen molar-refractivity contribution in [1.82, 2.24) is 19.9 Å². The Labute approximate surface area is 224 Å². The molecule has 0 aliphatic carbocycles. The number of nitrogens with one attached hydrogen (secondary N) is 1. The highest BCUT2D eigenvalue weighted by atomic mass is 79.9. The summed E-state index contributed by atoms with van der Waals surface area (Å²) in [5.41, 5.74) is 2.04. The molecule has 37 heavy (non-hydrogen) atoms. The van der Waals surface area contributed by atoms with Gasteiger partial charge in [-0.25, -0.2) is 28.4 Å². The second-order valence-electron chi connectivity index (χ2n) is 9.03. The first kappa shape index (κ1) is 26.5. The normalized spacial score (nSPS) is 11.7. The van der Waals surface area contributed by atoms with Gasteiger partial charge in [0.2, 0.25) is 5.88 Å². The van der Waals surface area contributed by atoms with Crippen LogP contribution in [0.1, 0.15) is 26.3 Å². The van der Waals surface area contributed by atoms with E-state index in [1.807, 2.05) is 42.5 Å². The first-order chi connectivity index (χ1) is 17.6. The molecule has 0 aliphatic rings. The highest BCUT2D eigenvalue weighted by Gasteiger charge is 2.22. The molecule has 4 rings (SSSR count). The summed E-state index contributed by atoms with van der Waals surface area (Å²) in [7, 11) is -3.93. The third kappa shape index (κ3) is 6.80. The quantitative estimate of drug-likeness (QED) is 0.265. The van der Waals surface area contributed by atoms with Crippen molar-refractivity contribution >= 4 is 31.8 Å². The highest BCUT2D eigenvalue weighted by Crippen LogP contribution is 2.35. The second-order valence-corrected chi connectivity index (χ2v) is 11.6. The number of ether oxygens (including phenoxy) is 2. The van der Waals surface area contributed by atoms with E-state index in [9.17, 15) is 8.42 Å². The minimum absolute atomic E-state index is 0.0949. The van der Waals surface area contributed by atoms with Crippen molar-refractivity contribution in [1.29, 1.82) is 0 Å². The zero-order valence-corrected chi connectivity index (χ0v) is 23.0. The monoisotopic (exact) mass is 583 g/mol. The maximum atomic E-state index is 13.2. The molecule has 0 spiro atoms. The summed E-state index contributed by atoms with van der Waals surface area (Å²) in [5.74, 6) is 0.315. The Bertz CT molecular complexity index is 1440. The smallest absolute Gasteiger partial charge is 0.316 e. The number of hydrogen-bond acceptors (Lipinski definition) is 8. The first-order valence-corrected chi connectivity index (χ1v) is 13.7. The molecule has 9 nitrogen and oxygen atoms in total. The number of benzene rings is 2. The molecule has 1 N–H and O–H groups in total. The predicted octanol–water partition coefficient (Wildman–Crippen LogP) is 5.25. The summed E-state index contributed by atoms with van der Waals surface area (Å²) < 4.78 is 41.2. The summed E-state index contributed by atoms with van der Waals surface area (Å²) in [6, 6.07) is 16.2. The van der Waals surface area contributed by atoms with Gasteiger partial charge in [-0.15, -0.1) is 0 Å². The third-order valence-electron chi connectivity index (χ3n) is 5.29. The van der Waals surface area contributed by atoms with Crippen LogP contribution in [0.4, 0.5) is 5.82 Å². The standard InChI is InChI=1S/C26H26BrN5O4S/c1-26(2,3)19-9-11-21(12-10-19)37(33,34)32-23-22(18-7-5-4-6-8-18)24(31-17-30-23)35-13-14-36-25-28-15-20(27)16-29-25/h4-12,15-17H,13-14H2,1-3H3,(H,30,31,32). The Balaban J connectivity index is 1.57. The van der Waals surface area contributed by atoms with Gasteiger partial charge in [-0.2, -0.15) is 0 Å². The molecule has 0 amide bonds. The molecule has 0 bridgehead atoms. The molecule has 0 radical (unpaired) electrons. The molecule has 4 aromatic rings. The van der Waals surface area contributed by atoms with E-state index in [1.165, 1.54) is 6.33 Å². The molecule has 0 fully saturated rings. The number of rotatable bonds is 9. The lowest BCUT2D eigenvalue weighted by molar-refractivity contribution is 0.202. The molecule has 2 aromatic heterocycles. The molecule has 0 unspecified atom stereocenters. The van der Waals surface area contributed by atoms with Crippen LogP contribution in [0.2, 0.25) is 0 Å². The topological polar surface area (TPSA) is 116 Å². The lowest BCUT2D eigenvalue weighted by Crippen LogP contribution is -2.17. The van der Waals surface area contributed by atoms with Crippen molar-refractivity contribution in [3.8, 4) is 23.0 Å². The fourth-order valence-corrected chi connectivity index (χ4v) is 4.61. The van der Waals surface area contributed by atoms with E-state index in [0.717, 1.165) is 10.0 Å². The first-order valence-electron chi connectivity index (χ1n) is 11.4. The summed E-state index contributed by atoms with van der Waals surface area (Å²) in [6.45, 7) is 6.48. The third-order valence-corrected chi connectivity index (χ3v) is 7.05. The van der Waals surface area contributed by atoms with Crippen molar-refractivity contribution in [2.45, 2.75) is 31.1 Å². The molecular weight excluding hydrogens is 558 g/mol. The van der Waals surface area contributed by atoms with Crippen molar-refractivity contribution in [3.63, 3.8) is 0 Å². The number of halogens is 1. The fourth-order valence-electron chi connectivity index (χ4n) is 3.39. The van der Waals surface area contributed by atoms with Crippen molar-refractivity contribution < 1.29 is 17.9 Å². The summed E-state index contributed by atoms with van der Waals surface area (Å²) in [4.78, 5) is 16.7. The van der Waals surface area contributed by atoms with E-state index in [0.29, 0.717) is 11.1 Å². The van der Waals surface area contributed by atoms with Gasteiger partial charge in [-0.1, -0.05) is 63.2 Å². The van der Waals surface area contributed by atoms with Gasteiger partial charge in [-0.3, -0.25) is 4.72 Å². The number of anilines is 1. The highest BCUT2D eigenvalue weighted by molar-refractivity contribution is 9.10. The Hall–Kier alpha value is -3.57. The molecular formula is C26H26BrN5O4S. The predicted molar refractivity (Wildman–Crippen MR) is 144 cm³/mol. The fraction of sp³-hybridized carbons (Fsp3) is 0.231. The van der Waals surface area contributed by atoms with Crippen LogP contribution >= 0.6 is 15.9 Å². The van der Waals surface area contributed by atoms with Gasteiger partial charge in [0.1, 0.15) is 19.5 Å². The lowest BCUT2D eigenvalue weighted by Gasteiger charge is -2.19. The second kappa shape index (κ2) is 11.2. The average molecular weight is 584 g/mol. The molecule has 0 atom stereocenters. The van der Waals surface area contributed by atoms with Crippen molar-refractivity contribution in [3.05, 3.63) is 83.4 Å². The van der Waals surface area contributed by atoms with Crippen molar-refractivity contribution in [2.75, 3.05) is 17.9 Å². The Kier molecular flexibility index (Phi) is 8.03. The van der Waals surface area contributed by atoms with E-state index in [2.05, 4.69) is 61.4 Å². The van der Waals surface area contributed by atoms with E-state index in [1.54, 1.807) is 24.5 Å². The van der Waals surface area contributed by atoms with Gasteiger partial charge < -0.3 is 9.47 Å². The number of nitrogens with zero attached hydrogens (tertiary/aromatic N) is 4. The number of hydrogen-bond donors (Lipinski definition) is 1. The van der Waals surface area contributed by atoms with E-state index >= 15 is 0 Å². The van der Waals surface area contributed by atoms with Crippen LogP contribution in [0.3, 0.4) is 0 Å². The Morgan fingerprint density at radius 1 is 0.865 bits per heavy atom. The van der Waals surface area contributed by atoms with Crippen LogP contribution in [-0.2, 0) is 15.4 Å². The molecule has 0 saturated carbocycles. The van der Waals surface area contributed by atoms with Crippen molar-refractivity contribution in [2.24, 2.45) is 0 Å². The average Bonchev–Trinajstić information content (AvgIpc) is 2.88. The molecule has 0 saturated heterocycles. The van der Waals surface area contributed by atoms with Gasteiger partial charge in [0.05, 0.1) is 14.9 Å². The zero-order chi connectivity index (χ0) is 26.5. The summed E-state index contributed by atoms with van der Waals surface area (Å²) >= 11 is 3.27. The SMILES string of the molecule is CC(C)(C)c1ccc(S(=O)(=O)Nc2ncnc(OCCOc3ncc(Br)cn3)c2-c2ccccc2)cc1.